The van der Waals surface area contributed by atoms with Crippen molar-refractivity contribution in [2.24, 2.45) is 0 Å². The summed E-state index contributed by atoms with van der Waals surface area (Å²) in [4.78, 5) is 8.48. The highest BCUT2D eigenvalue weighted by Gasteiger charge is 2.04. The first-order valence-electron chi connectivity index (χ1n) is 5.31. The van der Waals surface area contributed by atoms with Crippen LogP contribution in [0.1, 0.15) is 12.1 Å². The standard InChI is InChI=1S/C12H15N3O/c1-16-8-4-7-11-9-5-2-3-6-10(9)14-12(13)15-11/h2-3,5-6H,4,7-8H2,1H3,(H2,13,14,15). The molecule has 0 aliphatic rings. The summed E-state index contributed by atoms with van der Waals surface area (Å²) in [6, 6.07) is 7.92. The Morgan fingerprint density at radius 2 is 2.06 bits per heavy atom. The fourth-order valence-corrected chi connectivity index (χ4v) is 1.74. The molecule has 0 saturated carbocycles. The minimum atomic E-state index is 0.339. The summed E-state index contributed by atoms with van der Waals surface area (Å²) in [5.74, 6) is 0.339. The molecular weight excluding hydrogens is 202 g/mol. The van der Waals surface area contributed by atoms with Crippen molar-refractivity contribution in [2.75, 3.05) is 19.5 Å². The molecule has 16 heavy (non-hydrogen) atoms. The van der Waals surface area contributed by atoms with E-state index in [1.807, 2.05) is 24.3 Å². The van der Waals surface area contributed by atoms with Gasteiger partial charge in [0.05, 0.1) is 11.2 Å². The van der Waals surface area contributed by atoms with Crippen LogP contribution in [0, 0.1) is 0 Å². The van der Waals surface area contributed by atoms with Crippen molar-refractivity contribution in [1.29, 1.82) is 0 Å². The molecule has 0 radical (unpaired) electrons. The van der Waals surface area contributed by atoms with E-state index in [1.54, 1.807) is 7.11 Å². The van der Waals surface area contributed by atoms with E-state index in [4.69, 9.17) is 10.5 Å². The molecule has 0 aliphatic heterocycles. The number of methoxy groups -OCH3 is 1. The number of hydrogen-bond acceptors (Lipinski definition) is 4. The highest BCUT2D eigenvalue weighted by Crippen LogP contribution is 2.17. The van der Waals surface area contributed by atoms with Gasteiger partial charge in [0.2, 0.25) is 5.95 Å². The van der Waals surface area contributed by atoms with Gasteiger partial charge < -0.3 is 10.5 Å². The highest BCUT2D eigenvalue weighted by atomic mass is 16.5. The largest absolute Gasteiger partial charge is 0.385 e. The molecule has 1 heterocycles. The van der Waals surface area contributed by atoms with Gasteiger partial charge in [0.1, 0.15) is 0 Å². The number of nitrogens with zero attached hydrogens (tertiary/aromatic N) is 2. The van der Waals surface area contributed by atoms with E-state index in [-0.39, 0.29) is 0 Å². The SMILES string of the molecule is COCCCc1nc(N)nc2ccccc12. The molecule has 2 rings (SSSR count). The monoisotopic (exact) mass is 217 g/mol. The Bertz CT molecular complexity index is 485. The third-order valence-electron chi connectivity index (χ3n) is 2.46. The quantitative estimate of drug-likeness (QED) is 0.793. The number of fused-ring (bicyclic) bond motifs is 1. The Morgan fingerprint density at radius 3 is 2.88 bits per heavy atom. The normalized spacial score (nSPS) is 10.8. The zero-order valence-corrected chi connectivity index (χ0v) is 9.31. The number of rotatable bonds is 4. The van der Waals surface area contributed by atoms with E-state index >= 15 is 0 Å². The van der Waals surface area contributed by atoms with Crippen molar-refractivity contribution in [3.05, 3.63) is 30.0 Å². The Labute approximate surface area is 94.5 Å². The van der Waals surface area contributed by atoms with Crippen LogP contribution in [0.3, 0.4) is 0 Å². The predicted octanol–water partition coefficient (Wildman–Crippen LogP) is 1.79. The van der Waals surface area contributed by atoms with Gasteiger partial charge in [-0.15, -0.1) is 0 Å². The van der Waals surface area contributed by atoms with Gasteiger partial charge in [0.25, 0.3) is 0 Å². The van der Waals surface area contributed by atoms with Gasteiger partial charge in [-0.2, -0.15) is 0 Å². The van der Waals surface area contributed by atoms with E-state index in [0.29, 0.717) is 5.95 Å². The van der Waals surface area contributed by atoms with Gasteiger partial charge in [-0.3, -0.25) is 0 Å². The maximum Gasteiger partial charge on any atom is 0.220 e. The highest BCUT2D eigenvalue weighted by molar-refractivity contribution is 5.81. The third kappa shape index (κ3) is 2.28. The van der Waals surface area contributed by atoms with Crippen LogP contribution in [-0.2, 0) is 11.2 Å². The summed E-state index contributed by atoms with van der Waals surface area (Å²) in [6.07, 6.45) is 1.80. The summed E-state index contributed by atoms with van der Waals surface area (Å²) in [5.41, 5.74) is 7.58. The lowest BCUT2D eigenvalue weighted by Crippen LogP contribution is -2.02. The lowest BCUT2D eigenvalue weighted by Gasteiger charge is -2.05. The fraction of sp³-hybridized carbons (Fsp3) is 0.333. The smallest absolute Gasteiger partial charge is 0.220 e. The minimum absolute atomic E-state index is 0.339. The van der Waals surface area contributed by atoms with Crippen LogP contribution in [0.25, 0.3) is 10.9 Å². The Balaban J connectivity index is 2.34. The first-order chi connectivity index (χ1) is 7.81. The third-order valence-corrected chi connectivity index (χ3v) is 2.46. The van der Waals surface area contributed by atoms with Crippen LogP contribution in [0.2, 0.25) is 0 Å². The number of para-hydroxylation sites is 1. The van der Waals surface area contributed by atoms with Gasteiger partial charge in [-0.05, 0) is 18.9 Å². The summed E-state index contributed by atoms with van der Waals surface area (Å²) in [6.45, 7) is 0.734. The van der Waals surface area contributed by atoms with Gasteiger partial charge in [-0.25, -0.2) is 9.97 Å². The van der Waals surface area contributed by atoms with E-state index in [0.717, 1.165) is 36.0 Å². The Hall–Kier alpha value is -1.68. The maximum atomic E-state index is 5.68. The number of hydrogen-bond donors (Lipinski definition) is 1. The molecule has 2 aromatic rings. The summed E-state index contributed by atoms with van der Waals surface area (Å²) in [7, 11) is 1.70. The molecule has 4 heteroatoms. The molecule has 1 aromatic carbocycles. The Morgan fingerprint density at radius 1 is 1.25 bits per heavy atom. The number of aromatic nitrogens is 2. The molecule has 0 bridgehead atoms. The van der Waals surface area contributed by atoms with Crippen LogP contribution >= 0.6 is 0 Å². The van der Waals surface area contributed by atoms with E-state index in [2.05, 4.69) is 9.97 Å². The van der Waals surface area contributed by atoms with Crippen LogP contribution in [0.5, 0.6) is 0 Å². The average Bonchev–Trinajstić information content (AvgIpc) is 2.29. The van der Waals surface area contributed by atoms with Crippen molar-refractivity contribution >= 4 is 16.9 Å². The number of nitrogen functional groups attached to an aromatic ring is 1. The van der Waals surface area contributed by atoms with Crippen molar-refractivity contribution in [2.45, 2.75) is 12.8 Å². The lowest BCUT2D eigenvalue weighted by molar-refractivity contribution is 0.195. The van der Waals surface area contributed by atoms with Crippen molar-refractivity contribution in [3.63, 3.8) is 0 Å². The van der Waals surface area contributed by atoms with Gasteiger partial charge in [0, 0.05) is 19.1 Å². The molecule has 0 unspecified atom stereocenters. The van der Waals surface area contributed by atoms with Crippen LogP contribution in [-0.4, -0.2) is 23.7 Å². The van der Waals surface area contributed by atoms with Crippen LogP contribution in [0.4, 0.5) is 5.95 Å². The molecule has 4 nitrogen and oxygen atoms in total. The summed E-state index contributed by atoms with van der Waals surface area (Å²) >= 11 is 0. The van der Waals surface area contributed by atoms with Crippen LogP contribution < -0.4 is 5.73 Å². The minimum Gasteiger partial charge on any atom is -0.385 e. The van der Waals surface area contributed by atoms with Crippen LogP contribution in [0.15, 0.2) is 24.3 Å². The number of anilines is 1. The molecule has 0 amide bonds. The lowest BCUT2D eigenvalue weighted by atomic mass is 10.1. The number of aryl methyl sites for hydroxylation is 1. The van der Waals surface area contributed by atoms with E-state index < -0.39 is 0 Å². The van der Waals surface area contributed by atoms with Gasteiger partial charge >= 0.3 is 0 Å². The van der Waals surface area contributed by atoms with E-state index in [1.165, 1.54) is 0 Å². The first kappa shape index (κ1) is 10.8. The second kappa shape index (κ2) is 4.90. The zero-order valence-electron chi connectivity index (χ0n) is 9.31. The molecule has 2 N–H and O–H groups in total. The Kier molecular flexibility index (Phi) is 3.31. The predicted molar refractivity (Wildman–Crippen MR) is 64.1 cm³/mol. The van der Waals surface area contributed by atoms with Gasteiger partial charge in [0.15, 0.2) is 0 Å². The molecule has 1 aromatic heterocycles. The second-order valence-corrected chi connectivity index (χ2v) is 3.64. The van der Waals surface area contributed by atoms with Gasteiger partial charge in [-0.1, -0.05) is 18.2 Å². The molecule has 0 aliphatic carbocycles. The number of benzene rings is 1. The van der Waals surface area contributed by atoms with Crippen molar-refractivity contribution in [1.82, 2.24) is 9.97 Å². The zero-order chi connectivity index (χ0) is 11.4. The average molecular weight is 217 g/mol. The molecule has 0 fully saturated rings. The topological polar surface area (TPSA) is 61.0 Å². The number of nitrogens with two attached hydrogens (primary N) is 1. The molecule has 0 spiro atoms. The van der Waals surface area contributed by atoms with E-state index in [9.17, 15) is 0 Å². The van der Waals surface area contributed by atoms with Crippen molar-refractivity contribution < 1.29 is 4.74 Å². The second-order valence-electron chi connectivity index (χ2n) is 3.64. The molecule has 0 saturated heterocycles. The maximum absolute atomic E-state index is 5.68. The molecule has 84 valence electrons. The number of ether oxygens (including phenoxy) is 1. The summed E-state index contributed by atoms with van der Waals surface area (Å²) in [5, 5.41) is 1.08. The first-order valence-corrected chi connectivity index (χ1v) is 5.31. The van der Waals surface area contributed by atoms with Crippen molar-refractivity contribution in [3.8, 4) is 0 Å². The molecule has 0 atom stereocenters. The summed E-state index contributed by atoms with van der Waals surface area (Å²) < 4.78 is 5.03. The molecular formula is C12H15N3O. The fourth-order valence-electron chi connectivity index (χ4n) is 1.74.